The van der Waals surface area contributed by atoms with Crippen molar-refractivity contribution in [3.05, 3.63) is 24.3 Å². The molecule has 1 saturated carbocycles. The molecule has 3 rings (SSSR count). The van der Waals surface area contributed by atoms with Crippen LogP contribution in [0.3, 0.4) is 0 Å². The molecule has 1 heterocycles. The highest BCUT2D eigenvalue weighted by molar-refractivity contribution is 8.00. The summed E-state index contributed by atoms with van der Waals surface area (Å²) in [5, 5.41) is 9.60. The van der Waals surface area contributed by atoms with Crippen molar-refractivity contribution < 1.29 is 19.4 Å². The Hall–Kier alpha value is -1.69. The number of carbonyl (C=O) groups excluding carboxylic acids is 1. The first kappa shape index (κ1) is 17.1. The number of carboxylic acids is 1. The van der Waals surface area contributed by atoms with Gasteiger partial charge in [0, 0.05) is 18.0 Å². The van der Waals surface area contributed by atoms with Gasteiger partial charge < -0.3 is 14.7 Å². The lowest BCUT2D eigenvalue weighted by Gasteiger charge is -2.23. The van der Waals surface area contributed by atoms with Gasteiger partial charge in [-0.05, 0) is 49.9 Å². The fourth-order valence-corrected chi connectivity index (χ4v) is 4.67. The van der Waals surface area contributed by atoms with Gasteiger partial charge in [-0.1, -0.05) is 6.42 Å². The van der Waals surface area contributed by atoms with Gasteiger partial charge in [0.15, 0.2) is 0 Å². The van der Waals surface area contributed by atoms with Crippen LogP contribution in [0.5, 0.6) is 5.75 Å². The summed E-state index contributed by atoms with van der Waals surface area (Å²) in [4.78, 5) is 26.9. The van der Waals surface area contributed by atoms with Crippen molar-refractivity contribution >= 4 is 23.6 Å². The summed E-state index contributed by atoms with van der Waals surface area (Å²) >= 11 is 1.48. The number of ether oxygens (including phenoxy) is 1. The van der Waals surface area contributed by atoms with Crippen LogP contribution in [0.4, 0.5) is 0 Å². The van der Waals surface area contributed by atoms with Gasteiger partial charge >= 0.3 is 5.97 Å². The second-order valence-electron chi connectivity index (χ2n) is 6.52. The van der Waals surface area contributed by atoms with Crippen molar-refractivity contribution in [2.24, 2.45) is 11.3 Å². The van der Waals surface area contributed by atoms with E-state index in [1.165, 1.54) is 11.8 Å². The average molecular weight is 349 g/mol. The number of likely N-dealkylation sites (tertiary alicyclic amines) is 1. The number of thioether (sulfide) groups is 1. The first-order valence-electron chi connectivity index (χ1n) is 8.42. The van der Waals surface area contributed by atoms with Crippen LogP contribution in [0.1, 0.15) is 26.2 Å². The summed E-state index contributed by atoms with van der Waals surface area (Å²) in [6.45, 7) is 3.54. The van der Waals surface area contributed by atoms with E-state index in [1.807, 2.05) is 31.2 Å². The molecule has 0 spiro atoms. The maximum Gasteiger partial charge on any atom is 0.311 e. The molecule has 5 nitrogen and oxygen atoms in total. The van der Waals surface area contributed by atoms with E-state index in [0.29, 0.717) is 31.9 Å². The monoisotopic (exact) mass is 349 g/mol. The number of nitrogens with zero attached hydrogens (tertiary/aromatic N) is 1. The van der Waals surface area contributed by atoms with Crippen molar-refractivity contribution in [2.75, 3.05) is 25.4 Å². The molecule has 2 atom stereocenters. The molecule has 0 aromatic heterocycles. The van der Waals surface area contributed by atoms with Crippen molar-refractivity contribution in [1.82, 2.24) is 4.90 Å². The van der Waals surface area contributed by atoms with Gasteiger partial charge in [0.25, 0.3) is 0 Å². The van der Waals surface area contributed by atoms with Crippen molar-refractivity contribution in [2.45, 2.75) is 31.1 Å². The van der Waals surface area contributed by atoms with E-state index in [1.54, 1.807) is 4.90 Å². The highest BCUT2D eigenvalue weighted by atomic mass is 32.2. The quantitative estimate of drug-likeness (QED) is 0.800. The number of fused-ring (bicyclic) bond motifs is 1. The van der Waals surface area contributed by atoms with Crippen LogP contribution in [0.25, 0.3) is 0 Å². The van der Waals surface area contributed by atoms with E-state index in [2.05, 4.69) is 0 Å². The van der Waals surface area contributed by atoms with Gasteiger partial charge in [-0.15, -0.1) is 11.8 Å². The minimum atomic E-state index is -0.737. The Labute approximate surface area is 146 Å². The highest BCUT2D eigenvalue weighted by Crippen LogP contribution is 2.49. The average Bonchev–Trinajstić information content (AvgIpc) is 3.12. The molecule has 130 valence electrons. The summed E-state index contributed by atoms with van der Waals surface area (Å²) in [7, 11) is 0. The molecule has 2 aliphatic rings. The second kappa shape index (κ2) is 7.05. The van der Waals surface area contributed by atoms with Gasteiger partial charge in [0.2, 0.25) is 5.91 Å². The van der Waals surface area contributed by atoms with Gasteiger partial charge in [0.1, 0.15) is 5.75 Å². The Balaban J connectivity index is 1.55. The van der Waals surface area contributed by atoms with Gasteiger partial charge in [-0.2, -0.15) is 0 Å². The zero-order valence-electron chi connectivity index (χ0n) is 13.9. The Morgan fingerprint density at radius 2 is 2.12 bits per heavy atom. The van der Waals surface area contributed by atoms with Gasteiger partial charge in [0.05, 0.1) is 17.8 Å². The lowest BCUT2D eigenvalue weighted by molar-refractivity contribution is -0.149. The third kappa shape index (κ3) is 3.24. The number of hydrogen-bond donors (Lipinski definition) is 1. The molecular weight excluding hydrogens is 326 g/mol. The van der Waals surface area contributed by atoms with E-state index in [-0.39, 0.29) is 11.8 Å². The van der Waals surface area contributed by atoms with Crippen LogP contribution < -0.4 is 4.74 Å². The van der Waals surface area contributed by atoms with Crippen molar-refractivity contribution in [3.8, 4) is 5.75 Å². The third-order valence-electron chi connectivity index (χ3n) is 5.15. The number of aliphatic carboxylic acids is 1. The van der Waals surface area contributed by atoms with Crippen LogP contribution in [0, 0.1) is 11.3 Å². The topological polar surface area (TPSA) is 66.8 Å². The molecule has 0 bridgehead atoms. The zero-order valence-corrected chi connectivity index (χ0v) is 14.7. The maximum absolute atomic E-state index is 12.5. The predicted octanol–water partition coefficient (Wildman–Crippen LogP) is 2.89. The molecule has 1 aliphatic heterocycles. The summed E-state index contributed by atoms with van der Waals surface area (Å²) in [6.07, 6.45) is 2.57. The molecule has 1 N–H and O–H groups in total. The van der Waals surface area contributed by atoms with Crippen LogP contribution in [-0.4, -0.2) is 47.3 Å². The SMILES string of the molecule is CCOc1ccc(SCC(=O)N2C[C@@H]3CCC[C@@]3(C(=O)O)C2)cc1. The number of carboxylic acid groups (broad SMARTS) is 1. The smallest absolute Gasteiger partial charge is 0.311 e. The molecule has 0 radical (unpaired) electrons. The fourth-order valence-electron chi connectivity index (χ4n) is 3.86. The van der Waals surface area contributed by atoms with E-state index in [4.69, 9.17) is 4.74 Å². The van der Waals surface area contributed by atoms with E-state index >= 15 is 0 Å². The van der Waals surface area contributed by atoms with Crippen LogP contribution in [0.15, 0.2) is 29.2 Å². The number of rotatable bonds is 6. The molecular formula is C18H23NO4S. The maximum atomic E-state index is 12.5. The predicted molar refractivity (Wildman–Crippen MR) is 92.3 cm³/mol. The number of hydrogen-bond acceptors (Lipinski definition) is 4. The number of benzene rings is 1. The van der Waals surface area contributed by atoms with Crippen molar-refractivity contribution in [1.29, 1.82) is 0 Å². The Bertz CT molecular complexity index is 618. The standard InChI is InChI=1S/C18H23NO4S/c1-2-23-14-5-7-15(8-6-14)24-11-16(20)19-10-13-4-3-9-18(13,12-19)17(21)22/h5-8,13H,2-4,9-12H2,1H3,(H,21,22)/t13-,18+/m0/s1. The molecule has 2 fully saturated rings. The van der Waals surface area contributed by atoms with E-state index in [9.17, 15) is 14.7 Å². The molecule has 1 saturated heterocycles. The molecule has 1 aliphatic carbocycles. The lowest BCUT2D eigenvalue weighted by Crippen LogP contribution is -2.37. The Morgan fingerprint density at radius 3 is 2.75 bits per heavy atom. The largest absolute Gasteiger partial charge is 0.494 e. The minimum Gasteiger partial charge on any atom is -0.494 e. The molecule has 0 unspecified atom stereocenters. The summed E-state index contributed by atoms with van der Waals surface area (Å²) in [5.41, 5.74) is -0.695. The highest BCUT2D eigenvalue weighted by Gasteiger charge is 2.55. The Morgan fingerprint density at radius 1 is 1.38 bits per heavy atom. The van der Waals surface area contributed by atoms with Gasteiger partial charge in [-0.3, -0.25) is 9.59 Å². The summed E-state index contributed by atoms with van der Waals surface area (Å²) < 4.78 is 5.40. The first-order chi connectivity index (χ1) is 11.5. The lowest BCUT2D eigenvalue weighted by atomic mass is 9.81. The number of carbonyl (C=O) groups is 2. The Kier molecular flexibility index (Phi) is 5.04. The molecule has 6 heteroatoms. The second-order valence-corrected chi connectivity index (χ2v) is 7.57. The third-order valence-corrected chi connectivity index (χ3v) is 6.14. The van der Waals surface area contributed by atoms with Crippen LogP contribution >= 0.6 is 11.8 Å². The summed E-state index contributed by atoms with van der Waals surface area (Å²) in [6, 6.07) is 7.69. The summed E-state index contributed by atoms with van der Waals surface area (Å²) in [5.74, 6) is 0.581. The minimum absolute atomic E-state index is 0.0314. The van der Waals surface area contributed by atoms with Crippen LogP contribution in [0.2, 0.25) is 0 Å². The van der Waals surface area contributed by atoms with E-state index < -0.39 is 11.4 Å². The van der Waals surface area contributed by atoms with Crippen molar-refractivity contribution in [3.63, 3.8) is 0 Å². The fraction of sp³-hybridized carbons (Fsp3) is 0.556. The zero-order chi connectivity index (χ0) is 17.2. The molecule has 24 heavy (non-hydrogen) atoms. The molecule has 1 amide bonds. The van der Waals surface area contributed by atoms with Crippen LogP contribution in [-0.2, 0) is 9.59 Å². The molecule has 1 aromatic carbocycles. The number of amides is 1. The normalized spacial score (nSPS) is 25.5. The first-order valence-corrected chi connectivity index (χ1v) is 9.40. The van der Waals surface area contributed by atoms with E-state index in [0.717, 1.165) is 23.5 Å². The molecule has 1 aromatic rings. The van der Waals surface area contributed by atoms with Gasteiger partial charge in [-0.25, -0.2) is 0 Å².